The molecular weight excluding hydrogens is 376 g/mol. The number of amides is 1. The molecule has 0 saturated heterocycles. The summed E-state index contributed by atoms with van der Waals surface area (Å²) in [6.07, 6.45) is 1.69. The van der Waals surface area contributed by atoms with E-state index in [1.165, 1.54) is 0 Å². The molecule has 3 aromatic rings. The number of hydrogen-bond acceptors (Lipinski definition) is 5. The lowest BCUT2D eigenvalue weighted by atomic mass is 9.99. The van der Waals surface area contributed by atoms with E-state index in [-0.39, 0.29) is 12.5 Å². The van der Waals surface area contributed by atoms with Gasteiger partial charge in [0.1, 0.15) is 0 Å². The lowest BCUT2D eigenvalue weighted by molar-refractivity contribution is 0.102. The number of anilines is 2. The van der Waals surface area contributed by atoms with E-state index in [4.69, 9.17) is 5.11 Å². The second-order valence-corrected chi connectivity index (χ2v) is 7.30. The predicted molar refractivity (Wildman–Crippen MR) is 122 cm³/mol. The topological polar surface area (TPSA) is 77.5 Å². The van der Waals surface area contributed by atoms with Crippen LogP contribution < -0.4 is 15.5 Å². The first kappa shape index (κ1) is 21.5. The van der Waals surface area contributed by atoms with Gasteiger partial charge in [0.15, 0.2) is 5.69 Å². The number of nitrogens with one attached hydrogen (secondary N) is 2. The van der Waals surface area contributed by atoms with Gasteiger partial charge in [0.25, 0.3) is 5.91 Å². The second kappa shape index (κ2) is 10.0. The van der Waals surface area contributed by atoms with Gasteiger partial charge in [0.2, 0.25) is 0 Å². The molecule has 1 aromatic heterocycles. The Hall–Kier alpha value is -3.22. The monoisotopic (exact) mass is 404 g/mol. The van der Waals surface area contributed by atoms with Crippen molar-refractivity contribution in [3.63, 3.8) is 0 Å². The lowest BCUT2D eigenvalue weighted by Gasteiger charge is -2.19. The summed E-state index contributed by atoms with van der Waals surface area (Å²) in [4.78, 5) is 19.4. The van der Waals surface area contributed by atoms with Gasteiger partial charge in [-0.05, 0) is 41.3 Å². The van der Waals surface area contributed by atoms with E-state index < -0.39 is 0 Å². The molecule has 3 rings (SSSR count). The normalized spacial score (nSPS) is 10.7. The molecule has 3 N–H and O–H groups in total. The van der Waals surface area contributed by atoms with Crippen LogP contribution in [0.1, 0.15) is 21.6 Å². The van der Waals surface area contributed by atoms with Crippen molar-refractivity contribution in [3.8, 4) is 11.1 Å². The Kier molecular flexibility index (Phi) is 7.17. The van der Waals surface area contributed by atoms with Gasteiger partial charge in [-0.1, -0.05) is 42.5 Å². The number of nitrogens with zero attached hydrogens (tertiary/aromatic N) is 2. The van der Waals surface area contributed by atoms with Crippen LogP contribution in [0.2, 0.25) is 0 Å². The van der Waals surface area contributed by atoms with Gasteiger partial charge in [-0.25, -0.2) is 4.98 Å². The molecule has 0 aliphatic heterocycles. The van der Waals surface area contributed by atoms with E-state index in [9.17, 15) is 4.79 Å². The van der Waals surface area contributed by atoms with Gasteiger partial charge in [0.05, 0.1) is 12.3 Å². The third-order valence-corrected chi connectivity index (χ3v) is 4.91. The quantitative estimate of drug-likeness (QED) is 0.501. The lowest BCUT2D eigenvalue weighted by Crippen LogP contribution is -2.22. The van der Waals surface area contributed by atoms with Gasteiger partial charge < -0.3 is 20.6 Å². The first-order valence-electron chi connectivity index (χ1n) is 9.95. The van der Waals surface area contributed by atoms with Crippen molar-refractivity contribution < 1.29 is 9.90 Å². The molecule has 6 heteroatoms. The van der Waals surface area contributed by atoms with E-state index in [2.05, 4.69) is 33.8 Å². The maximum atomic E-state index is 13.1. The van der Waals surface area contributed by atoms with Crippen LogP contribution in [0.4, 0.5) is 11.4 Å². The van der Waals surface area contributed by atoms with E-state index in [0.29, 0.717) is 18.8 Å². The number of benzene rings is 2. The molecule has 30 heavy (non-hydrogen) atoms. The van der Waals surface area contributed by atoms with E-state index in [1.807, 2.05) is 62.3 Å². The van der Waals surface area contributed by atoms with Crippen molar-refractivity contribution >= 4 is 17.3 Å². The smallest absolute Gasteiger partial charge is 0.276 e. The number of aliphatic hydroxyl groups excluding tert-OH is 1. The number of aliphatic hydroxyl groups is 1. The summed E-state index contributed by atoms with van der Waals surface area (Å²) in [5.74, 6) is -0.248. The summed E-state index contributed by atoms with van der Waals surface area (Å²) in [6.45, 7) is 3.18. The summed E-state index contributed by atoms with van der Waals surface area (Å²) in [7, 11) is 3.78. The average molecular weight is 405 g/mol. The molecule has 0 atom stereocenters. The number of carbonyl (C=O) groups excluding carboxylic acids is 1. The van der Waals surface area contributed by atoms with E-state index >= 15 is 0 Å². The number of aromatic nitrogens is 1. The fraction of sp³-hybridized carbons (Fsp3) is 0.250. The highest BCUT2D eigenvalue weighted by Gasteiger charge is 2.17. The summed E-state index contributed by atoms with van der Waals surface area (Å²) >= 11 is 0. The van der Waals surface area contributed by atoms with Crippen LogP contribution >= 0.6 is 0 Å². The summed E-state index contributed by atoms with van der Waals surface area (Å²) in [6, 6.07) is 18.0. The van der Waals surface area contributed by atoms with Gasteiger partial charge >= 0.3 is 0 Å². The Morgan fingerprint density at radius 3 is 2.57 bits per heavy atom. The highest BCUT2D eigenvalue weighted by Crippen LogP contribution is 2.29. The van der Waals surface area contributed by atoms with Crippen LogP contribution in [0.5, 0.6) is 0 Å². The molecule has 2 aromatic carbocycles. The maximum Gasteiger partial charge on any atom is 0.276 e. The third-order valence-electron chi connectivity index (χ3n) is 4.91. The molecule has 0 radical (unpaired) electrons. The molecule has 0 spiro atoms. The second-order valence-electron chi connectivity index (χ2n) is 7.30. The largest absolute Gasteiger partial charge is 0.395 e. The number of hydrogen-bond donors (Lipinski definition) is 3. The van der Waals surface area contributed by atoms with Crippen molar-refractivity contribution in [1.82, 2.24) is 10.3 Å². The SMILES string of the molecule is Cc1c(NC(=O)c2ncc(CNCCO)cc2N(C)C)cccc1-c1ccccc1. The van der Waals surface area contributed by atoms with Crippen molar-refractivity contribution in [2.24, 2.45) is 0 Å². The third kappa shape index (κ3) is 5.03. The van der Waals surface area contributed by atoms with Crippen LogP contribution in [0.3, 0.4) is 0 Å². The zero-order chi connectivity index (χ0) is 21.5. The standard InChI is InChI=1S/C24H28N4O2/c1-17-20(19-8-5-4-6-9-19)10-7-11-21(17)27-24(30)23-22(28(2)3)14-18(16-26-23)15-25-12-13-29/h4-11,14,16,25,29H,12-13,15H2,1-3H3,(H,27,30). The molecule has 6 nitrogen and oxygen atoms in total. The molecule has 0 unspecified atom stereocenters. The Balaban J connectivity index is 1.85. The zero-order valence-corrected chi connectivity index (χ0v) is 17.6. The minimum Gasteiger partial charge on any atom is -0.395 e. The van der Waals surface area contributed by atoms with Gasteiger partial charge in [0, 0.05) is 39.1 Å². The minimum atomic E-state index is -0.248. The Labute approximate surface area is 177 Å². The number of pyridine rings is 1. The molecule has 1 amide bonds. The van der Waals surface area contributed by atoms with Crippen molar-refractivity contribution in [1.29, 1.82) is 0 Å². The van der Waals surface area contributed by atoms with Crippen LogP contribution in [0, 0.1) is 6.92 Å². The van der Waals surface area contributed by atoms with Crippen LogP contribution in [0.25, 0.3) is 11.1 Å². The summed E-state index contributed by atoms with van der Waals surface area (Å²) < 4.78 is 0. The molecule has 0 fully saturated rings. The van der Waals surface area contributed by atoms with Crippen LogP contribution in [0.15, 0.2) is 60.8 Å². The fourth-order valence-corrected chi connectivity index (χ4v) is 3.30. The first-order chi connectivity index (χ1) is 14.5. The van der Waals surface area contributed by atoms with Crippen molar-refractivity contribution in [2.45, 2.75) is 13.5 Å². The van der Waals surface area contributed by atoms with E-state index in [0.717, 1.165) is 33.6 Å². The molecule has 0 bridgehead atoms. The van der Waals surface area contributed by atoms with E-state index in [1.54, 1.807) is 6.20 Å². The predicted octanol–water partition coefficient (Wildman–Crippen LogP) is 3.46. The van der Waals surface area contributed by atoms with Crippen LogP contribution in [-0.4, -0.2) is 43.2 Å². The van der Waals surface area contributed by atoms with Crippen molar-refractivity contribution in [3.05, 3.63) is 77.6 Å². The molecule has 0 saturated carbocycles. The molecule has 0 aliphatic rings. The number of carbonyl (C=O) groups is 1. The maximum absolute atomic E-state index is 13.1. The number of rotatable bonds is 8. The Morgan fingerprint density at radius 1 is 1.10 bits per heavy atom. The summed E-state index contributed by atoms with van der Waals surface area (Å²) in [5, 5.41) is 15.1. The average Bonchev–Trinajstić information content (AvgIpc) is 2.76. The highest BCUT2D eigenvalue weighted by molar-refractivity contribution is 6.07. The van der Waals surface area contributed by atoms with Gasteiger partial charge in [-0.3, -0.25) is 4.79 Å². The molecule has 156 valence electrons. The minimum absolute atomic E-state index is 0.0792. The molecule has 0 aliphatic carbocycles. The Morgan fingerprint density at radius 2 is 1.87 bits per heavy atom. The summed E-state index contributed by atoms with van der Waals surface area (Å²) in [5.41, 5.74) is 6.03. The fourth-order valence-electron chi connectivity index (χ4n) is 3.30. The zero-order valence-electron chi connectivity index (χ0n) is 17.6. The molecular formula is C24H28N4O2. The molecule has 1 heterocycles. The van der Waals surface area contributed by atoms with Gasteiger partial charge in [-0.15, -0.1) is 0 Å². The Bertz CT molecular complexity index is 1000. The van der Waals surface area contributed by atoms with Crippen molar-refractivity contribution in [2.75, 3.05) is 37.5 Å². The van der Waals surface area contributed by atoms with Gasteiger partial charge in [-0.2, -0.15) is 0 Å². The van der Waals surface area contributed by atoms with Crippen LogP contribution in [-0.2, 0) is 6.54 Å². The first-order valence-corrected chi connectivity index (χ1v) is 9.95. The highest BCUT2D eigenvalue weighted by atomic mass is 16.3.